The van der Waals surface area contributed by atoms with Crippen molar-refractivity contribution in [2.24, 2.45) is 11.0 Å². The van der Waals surface area contributed by atoms with Gasteiger partial charge in [-0.3, -0.25) is 9.59 Å². The van der Waals surface area contributed by atoms with Crippen LogP contribution in [-0.2, 0) is 11.4 Å². The van der Waals surface area contributed by atoms with Gasteiger partial charge in [0.1, 0.15) is 18.4 Å². The topological polar surface area (TPSA) is 79.8 Å². The molecule has 0 aliphatic carbocycles. The van der Waals surface area contributed by atoms with Crippen LogP contribution in [0.5, 0.6) is 5.75 Å². The number of ether oxygens (including phenoxy) is 1. The Kier molecular flexibility index (Phi) is 8.82. The number of carbonyl (C=O) groups excluding carboxylic acids is 2. The fourth-order valence-corrected chi connectivity index (χ4v) is 3.36. The Morgan fingerprint density at radius 1 is 1.00 bits per heavy atom. The first-order valence-electron chi connectivity index (χ1n) is 11.0. The number of carbonyl (C=O) groups is 2. The maximum Gasteiger partial charge on any atom is 0.262 e. The summed E-state index contributed by atoms with van der Waals surface area (Å²) < 4.78 is 5.81. The zero-order chi connectivity index (χ0) is 24.5. The third kappa shape index (κ3) is 7.18. The van der Waals surface area contributed by atoms with E-state index in [0.29, 0.717) is 17.2 Å². The maximum absolute atomic E-state index is 12.6. The van der Waals surface area contributed by atoms with E-state index in [2.05, 4.69) is 28.0 Å². The summed E-state index contributed by atoms with van der Waals surface area (Å²) in [5.74, 6) is -0.232. The van der Waals surface area contributed by atoms with E-state index in [9.17, 15) is 9.59 Å². The Labute approximate surface area is 205 Å². The Morgan fingerprint density at radius 3 is 2.32 bits per heavy atom. The molecule has 3 aromatic rings. The average Bonchev–Trinajstić information content (AvgIpc) is 2.83. The lowest BCUT2D eigenvalue weighted by Gasteiger charge is -2.20. The standard InChI is InChI=1S/C27H28ClN3O3/c1-18(2)25(30-26(32)23-6-4-5-7-24(23)28)27(33)31-29-16-20-12-14-22(15-13-20)34-17-21-10-8-19(3)9-11-21/h4-16,18,25H,17H2,1-3H3,(H,30,32)(H,31,33)/b29-16+. The molecule has 34 heavy (non-hydrogen) atoms. The lowest BCUT2D eigenvalue weighted by molar-refractivity contribution is -0.123. The van der Waals surface area contributed by atoms with E-state index < -0.39 is 17.9 Å². The summed E-state index contributed by atoms with van der Waals surface area (Å²) in [6.07, 6.45) is 1.54. The molecule has 3 rings (SSSR count). The number of benzene rings is 3. The molecule has 3 aromatic carbocycles. The van der Waals surface area contributed by atoms with Crippen molar-refractivity contribution in [3.05, 3.63) is 100 Å². The number of halogens is 1. The molecule has 0 radical (unpaired) electrons. The first kappa shape index (κ1) is 25.0. The molecule has 0 aliphatic rings. The number of hydrogen-bond acceptors (Lipinski definition) is 4. The second-order valence-corrected chi connectivity index (χ2v) is 8.66. The fraction of sp³-hybridized carbons (Fsp3) is 0.222. The molecule has 176 valence electrons. The first-order valence-corrected chi connectivity index (χ1v) is 11.4. The van der Waals surface area contributed by atoms with Gasteiger partial charge in [-0.2, -0.15) is 5.10 Å². The summed E-state index contributed by atoms with van der Waals surface area (Å²) in [4.78, 5) is 25.2. The summed E-state index contributed by atoms with van der Waals surface area (Å²) in [6, 6.07) is 21.5. The van der Waals surface area contributed by atoms with Gasteiger partial charge in [0.15, 0.2) is 0 Å². The molecule has 7 heteroatoms. The van der Waals surface area contributed by atoms with Crippen LogP contribution < -0.4 is 15.5 Å². The lowest BCUT2D eigenvalue weighted by atomic mass is 10.0. The van der Waals surface area contributed by atoms with Gasteiger partial charge in [-0.15, -0.1) is 0 Å². The van der Waals surface area contributed by atoms with Crippen LogP contribution >= 0.6 is 11.6 Å². The van der Waals surface area contributed by atoms with E-state index in [1.54, 1.807) is 24.3 Å². The van der Waals surface area contributed by atoms with Crippen molar-refractivity contribution in [3.8, 4) is 5.75 Å². The van der Waals surface area contributed by atoms with E-state index >= 15 is 0 Å². The van der Waals surface area contributed by atoms with Crippen molar-refractivity contribution in [2.75, 3.05) is 0 Å². The van der Waals surface area contributed by atoms with E-state index in [0.717, 1.165) is 16.9 Å². The zero-order valence-electron chi connectivity index (χ0n) is 19.4. The van der Waals surface area contributed by atoms with Crippen LogP contribution in [0.2, 0.25) is 5.02 Å². The molecule has 0 fully saturated rings. The molecule has 1 unspecified atom stereocenters. The summed E-state index contributed by atoms with van der Waals surface area (Å²) in [7, 11) is 0. The first-order chi connectivity index (χ1) is 16.3. The Hall–Kier alpha value is -3.64. The predicted molar refractivity (Wildman–Crippen MR) is 135 cm³/mol. The number of hydrazone groups is 1. The number of aryl methyl sites for hydroxylation is 1. The average molecular weight is 478 g/mol. The van der Waals surface area contributed by atoms with E-state index in [4.69, 9.17) is 16.3 Å². The molecule has 2 N–H and O–H groups in total. The monoisotopic (exact) mass is 477 g/mol. The molecular weight excluding hydrogens is 450 g/mol. The number of amides is 2. The normalized spacial score (nSPS) is 11.9. The van der Waals surface area contributed by atoms with Crippen molar-refractivity contribution in [3.63, 3.8) is 0 Å². The fourth-order valence-electron chi connectivity index (χ4n) is 3.14. The van der Waals surface area contributed by atoms with Crippen LogP contribution in [0.25, 0.3) is 0 Å². The van der Waals surface area contributed by atoms with Gasteiger partial charge < -0.3 is 10.1 Å². The molecule has 1 atom stereocenters. The van der Waals surface area contributed by atoms with Crippen molar-refractivity contribution >= 4 is 29.6 Å². The summed E-state index contributed by atoms with van der Waals surface area (Å²) in [5, 5.41) is 7.09. The van der Waals surface area contributed by atoms with Gasteiger partial charge >= 0.3 is 0 Å². The molecule has 0 saturated heterocycles. The largest absolute Gasteiger partial charge is 0.489 e. The highest BCUT2D eigenvalue weighted by Crippen LogP contribution is 2.16. The van der Waals surface area contributed by atoms with E-state index in [1.165, 1.54) is 11.8 Å². The highest BCUT2D eigenvalue weighted by molar-refractivity contribution is 6.33. The zero-order valence-corrected chi connectivity index (χ0v) is 20.2. The molecular formula is C27H28ClN3O3. The van der Waals surface area contributed by atoms with Gasteiger partial charge in [0.25, 0.3) is 11.8 Å². The number of nitrogens with zero attached hydrogens (tertiary/aromatic N) is 1. The highest BCUT2D eigenvalue weighted by atomic mass is 35.5. The van der Waals surface area contributed by atoms with Gasteiger partial charge in [0.2, 0.25) is 0 Å². The minimum absolute atomic E-state index is 0.147. The molecule has 0 saturated carbocycles. The third-order valence-electron chi connectivity index (χ3n) is 5.15. The van der Waals surface area contributed by atoms with Gasteiger partial charge in [-0.05, 0) is 60.4 Å². The van der Waals surface area contributed by atoms with Gasteiger partial charge in [-0.25, -0.2) is 5.43 Å². The van der Waals surface area contributed by atoms with Crippen molar-refractivity contribution in [1.82, 2.24) is 10.7 Å². The molecule has 0 aliphatic heterocycles. The van der Waals surface area contributed by atoms with Crippen molar-refractivity contribution in [1.29, 1.82) is 0 Å². The van der Waals surface area contributed by atoms with Crippen LogP contribution in [0.1, 0.15) is 40.9 Å². The maximum atomic E-state index is 12.6. The number of rotatable bonds is 9. The number of nitrogens with one attached hydrogen (secondary N) is 2. The molecule has 0 spiro atoms. The quantitative estimate of drug-likeness (QED) is 0.331. The van der Waals surface area contributed by atoms with Crippen LogP contribution in [0.4, 0.5) is 0 Å². The minimum atomic E-state index is -0.765. The van der Waals surface area contributed by atoms with Crippen molar-refractivity contribution < 1.29 is 14.3 Å². The van der Waals surface area contributed by atoms with Gasteiger partial charge in [0.05, 0.1) is 16.8 Å². The van der Waals surface area contributed by atoms with E-state index in [1.807, 2.05) is 57.2 Å². The lowest BCUT2D eigenvalue weighted by Crippen LogP contribution is -2.48. The van der Waals surface area contributed by atoms with Gasteiger partial charge in [-0.1, -0.05) is 67.4 Å². The van der Waals surface area contributed by atoms with Crippen LogP contribution in [0.3, 0.4) is 0 Å². The molecule has 0 bridgehead atoms. The SMILES string of the molecule is Cc1ccc(COc2ccc(/C=N/NC(=O)C(NC(=O)c3ccccc3Cl)C(C)C)cc2)cc1. The number of hydrogen-bond donors (Lipinski definition) is 2. The smallest absolute Gasteiger partial charge is 0.262 e. The van der Waals surface area contributed by atoms with E-state index in [-0.39, 0.29) is 5.92 Å². The van der Waals surface area contributed by atoms with Crippen LogP contribution in [-0.4, -0.2) is 24.1 Å². The predicted octanol–water partition coefficient (Wildman–Crippen LogP) is 5.13. The third-order valence-corrected chi connectivity index (χ3v) is 5.48. The van der Waals surface area contributed by atoms with Crippen LogP contribution in [0.15, 0.2) is 77.9 Å². The second kappa shape index (κ2) is 12.0. The molecule has 0 heterocycles. The Morgan fingerprint density at radius 2 is 1.68 bits per heavy atom. The molecule has 2 amide bonds. The van der Waals surface area contributed by atoms with Crippen molar-refractivity contribution in [2.45, 2.75) is 33.4 Å². The Bertz CT molecular complexity index is 1140. The second-order valence-electron chi connectivity index (χ2n) is 8.25. The Balaban J connectivity index is 1.53. The summed E-state index contributed by atoms with van der Waals surface area (Å²) in [5.41, 5.74) is 5.92. The van der Waals surface area contributed by atoms with Crippen LogP contribution in [0, 0.1) is 12.8 Å². The molecule has 6 nitrogen and oxygen atoms in total. The summed E-state index contributed by atoms with van der Waals surface area (Å²) in [6.45, 7) is 6.22. The minimum Gasteiger partial charge on any atom is -0.489 e. The summed E-state index contributed by atoms with van der Waals surface area (Å²) >= 11 is 6.09. The molecule has 0 aromatic heterocycles. The highest BCUT2D eigenvalue weighted by Gasteiger charge is 2.25. The van der Waals surface area contributed by atoms with Gasteiger partial charge in [0, 0.05) is 0 Å².